The first-order valence-electron chi connectivity index (χ1n) is 11.1. The first-order valence-corrected chi connectivity index (χ1v) is 12.3. The van der Waals surface area contributed by atoms with E-state index in [0.717, 1.165) is 31.5 Å². The number of rotatable bonds is 5. The first kappa shape index (κ1) is 21.2. The molecule has 2 aliphatic carbocycles. The molecule has 1 aromatic carbocycles. The fourth-order valence-corrected chi connectivity index (χ4v) is 6.24. The van der Waals surface area contributed by atoms with Crippen LogP contribution in [0.25, 0.3) is 0 Å². The molecule has 0 amide bonds. The number of ether oxygens (including phenoxy) is 3. The Balaban J connectivity index is 1.42. The molecule has 4 fully saturated rings. The number of piperidine rings is 1. The molecule has 4 aliphatic rings. The van der Waals surface area contributed by atoms with Crippen LogP contribution in [0.3, 0.4) is 0 Å². The molecule has 2 bridgehead atoms. The maximum absolute atomic E-state index is 13.6. The number of esters is 3. The topological polar surface area (TPSA) is 95.5 Å². The average molecular weight is 540 g/mol. The molecule has 0 radical (unpaired) electrons. The number of benzene rings is 1. The summed E-state index contributed by atoms with van der Waals surface area (Å²) in [7, 11) is 0. The maximum Gasteiger partial charge on any atom is 0.319 e. The molecule has 2 saturated carbocycles. The third-order valence-electron chi connectivity index (χ3n) is 7.50. The minimum Gasteiger partial charge on any atom is -0.458 e. The Bertz CT molecular complexity index is 883. The van der Waals surface area contributed by atoms with Crippen LogP contribution in [-0.2, 0) is 34.2 Å². The minimum atomic E-state index is -0.681. The number of carbonyl (C=O) groups is 3. The van der Waals surface area contributed by atoms with Crippen LogP contribution in [-0.4, -0.2) is 47.1 Å². The summed E-state index contributed by atoms with van der Waals surface area (Å²) in [5, 5.41) is 2.23. The van der Waals surface area contributed by atoms with Crippen LogP contribution >= 0.6 is 22.6 Å². The highest BCUT2D eigenvalue weighted by molar-refractivity contribution is 14.1. The van der Waals surface area contributed by atoms with Crippen molar-refractivity contribution in [1.82, 2.24) is 0 Å². The van der Waals surface area contributed by atoms with Gasteiger partial charge in [0.15, 0.2) is 0 Å². The van der Waals surface area contributed by atoms with E-state index in [1.54, 1.807) is 6.92 Å². The molecule has 1 aromatic rings. The number of hydrogen-bond donors (Lipinski definition) is 1. The van der Waals surface area contributed by atoms with Gasteiger partial charge in [-0.2, -0.15) is 0 Å². The van der Waals surface area contributed by atoms with Gasteiger partial charge in [-0.15, -0.1) is 0 Å². The Hall–Kier alpha value is -1.68. The van der Waals surface area contributed by atoms with E-state index in [1.165, 1.54) is 0 Å². The lowest BCUT2D eigenvalue weighted by atomic mass is 9.78. The van der Waals surface area contributed by atoms with E-state index < -0.39 is 29.6 Å². The Labute approximate surface area is 194 Å². The van der Waals surface area contributed by atoms with Gasteiger partial charge in [0.05, 0.1) is 24.9 Å². The minimum absolute atomic E-state index is 0.0790. The molecule has 2 saturated heterocycles. The van der Waals surface area contributed by atoms with E-state index in [-0.39, 0.29) is 33.7 Å². The molecule has 5 rings (SSSR count). The second kappa shape index (κ2) is 8.03. The smallest absolute Gasteiger partial charge is 0.319 e. The van der Waals surface area contributed by atoms with Crippen LogP contribution in [0.1, 0.15) is 31.7 Å². The average Bonchev–Trinajstić information content (AvgIpc) is 3.38. The third kappa shape index (κ3) is 3.46. The van der Waals surface area contributed by atoms with Gasteiger partial charge in [-0.05, 0) is 18.9 Å². The SMILES string of the molecule is CC(I)C(=O)OC1C2CC3C1OC(=O)C3C2C(=O)OC1(c2ccccc2)CC[NH2+]CC1. The molecule has 2 N–H and O–H groups in total. The highest BCUT2D eigenvalue weighted by atomic mass is 127. The third-order valence-corrected chi connectivity index (χ3v) is 8.00. The molecule has 0 spiro atoms. The zero-order valence-electron chi connectivity index (χ0n) is 17.4. The van der Waals surface area contributed by atoms with E-state index >= 15 is 0 Å². The van der Waals surface area contributed by atoms with Crippen molar-refractivity contribution in [3.05, 3.63) is 35.9 Å². The van der Waals surface area contributed by atoms with E-state index in [2.05, 4.69) is 5.32 Å². The molecule has 2 aliphatic heterocycles. The summed E-state index contributed by atoms with van der Waals surface area (Å²) in [6.07, 6.45) is 1.11. The van der Waals surface area contributed by atoms with Crippen molar-refractivity contribution in [3.8, 4) is 0 Å². The second-order valence-electron chi connectivity index (χ2n) is 9.18. The first-order chi connectivity index (χ1) is 14.9. The van der Waals surface area contributed by atoms with Crippen molar-refractivity contribution < 1.29 is 33.9 Å². The lowest BCUT2D eigenvalue weighted by molar-refractivity contribution is -0.668. The maximum atomic E-state index is 13.6. The van der Waals surface area contributed by atoms with Crippen molar-refractivity contribution in [2.24, 2.45) is 23.7 Å². The van der Waals surface area contributed by atoms with Crippen molar-refractivity contribution in [3.63, 3.8) is 0 Å². The van der Waals surface area contributed by atoms with E-state index in [0.29, 0.717) is 6.42 Å². The van der Waals surface area contributed by atoms with Crippen LogP contribution in [0.15, 0.2) is 30.3 Å². The van der Waals surface area contributed by atoms with Crippen molar-refractivity contribution >= 4 is 40.5 Å². The molecule has 8 heteroatoms. The second-order valence-corrected chi connectivity index (χ2v) is 11.0. The van der Waals surface area contributed by atoms with Crippen molar-refractivity contribution in [2.45, 2.75) is 47.9 Å². The number of nitrogens with two attached hydrogens (primary N) is 1. The van der Waals surface area contributed by atoms with Crippen molar-refractivity contribution in [2.75, 3.05) is 13.1 Å². The molecule has 7 unspecified atom stereocenters. The summed E-state index contributed by atoms with van der Waals surface area (Å²) in [6, 6.07) is 9.88. The van der Waals surface area contributed by atoms with Crippen LogP contribution in [0, 0.1) is 23.7 Å². The van der Waals surface area contributed by atoms with E-state index in [4.69, 9.17) is 14.2 Å². The van der Waals surface area contributed by atoms with E-state index in [1.807, 2.05) is 52.9 Å². The predicted molar refractivity (Wildman–Crippen MR) is 117 cm³/mol. The lowest BCUT2D eigenvalue weighted by Gasteiger charge is -2.38. The highest BCUT2D eigenvalue weighted by Crippen LogP contribution is 2.59. The van der Waals surface area contributed by atoms with Gasteiger partial charge in [0.25, 0.3) is 0 Å². The van der Waals surface area contributed by atoms with Gasteiger partial charge in [0.2, 0.25) is 0 Å². The van der Waals surface area contributed by atoms with Gasteiger partial charge in [0.1, 0.15) is 21.7 Å². The Morgan fingerprint density at radius 2 is 1.90 bits per heavy atom. The quantitative estimate of drug-likeness (QED) is 0.262. The zero-order chi connectivity index (χ0) is 21.8. The van der Waals surface area contributed by atoms with Crippen LogP contribution in [0.5, 0.6) is 0 Å². The van der Waals surface area contributed by atoms with E-state index in [9.17, 15) is 14.4 Å². The molecule has 0 aromatic heterocycles. The number of halogens is 1. The van der Waals surface area contributed by atoms with Gasteiger partial charge in [0, 0.05) is 24.7 Å². The summed E-state index contributed by atoms with van der Waals surface area (Å²) in [5.41, 5.74) is 0.313. The normalized spacial score (nSPS) is 36.0. The molecule has 7 nitrogen and oxygen atoms in total. The molecular formula is C23H27INO6+. The van der Waals surface area contributed by atoms with Gasteiger partial charge in [-0.1, -0.05) is 52.9 Å². The standard InChI is InChI=1S/C23H26INO6/c1-12(24)20(26)29-18-15-11-14-16(21(27)30-19(14)18)17(15)22(28)31-23(7-9-25-10-8-23)13-5-3-2-4-6-13/h2-6,12,14-19,25H,7-11H2,1H3/p+1. The summed E-state index contributed by atoms with van der Waals surface area (Å²) in [5.74, 6) is -2.48. The fourth-order valence-electron chi connectivity index (χ4n) is 6.09. The number of quaternary nitrogens is 1. The fraction of sp³-hybridized carbons (Fsp3) is 0.609. The molecular weight excluding hydrogens is 513 g/mol. The molecule has 31 heavy (non-hydrogen) atoms. The summed E-state index contributed by atoms with van der Waals surface area (Å²) in [4.78, 5) is 38.5. The zero-order valence-corrected chi connectivity index (χ0v) is 19.5. The highest BCUT2D eigenvalue weighted by Gasteiger charge is 2.70. The molecule has 166 valence electrons. The number of alkyl halides is 1. The number of fused-ring (bicyclic) bond motifs is 1. The Kier molecular flexibility index (Phi) is 5.48. The Morgan fingerprint density at radius 3 is 2.58 bits per heavy atom. The van der Waals surface area contributed by atoms with Gasteiger partial charge in [-0.25, -0.2) is 0 Å². The van der Waals surface area contributed by atoms with Gasteiger partial charge in [-0.3, -0.25) is 14.4 Å². The lowest BCUT2D eigenvalue weighted by Crippen LogP contribution is -2.87. The largest absolute Gasteiger partial charge is 0.458 e. The van der Waals surface area contributed by atoms with Crippen LogP contribution in [0.4, 0.5) is 0 Å². The summed E-state index contributed by atoms with van der Waals surface area (Å²) >= 11 is 2.01. The van der Waals surface area contributed by atoms with Crippen LogP contribution < -0.4 is 5.32 Å². The summed E-state index contributed by atoms with van der Waals surface area (Å²) in [6.45, 7) is 3.51. The predicted octanol–water partition coefficient (Wildman–Crippen LogP) is 1.33. The van der Waals surface area contributed by atoms with Gasteiger partial charge < -0.3 is 19.5 Å². The van der Waals surface area contributed by atoms with Gasteiger partial charge >= 0.3 is 17.9 Å². The number of hydrogen-bond acceptors (Lipinski definition) is 6. The van der Waals surface area contributed by atoms with Crippen molar-refractivity contribution in [1.29, 1.82) is 0 Å². The summed E-state index contributed by atoms with van der Waals surface area (Å²) < 4.78 is 17.3. The molecule has 7 atom stereocenters. The monoisotopic (exact) mass is 540 g/mol. The van der Waals surface area contributed by atoms with Crippen LogP contribution in [0.2, 0.25) is 0 Å². The molecule has 2 heterocycles. The number of carbonyl (C=O) groups excluding carboxylic acids is 3. The Morgan fingerprint density at radius 1 is 1.19 bits per heavy atom.